The zero-order valence-corrected chi connectivity index (χ0v) is 16.7. The van der Waals surface area contributed by atoms with Crippen molar-refractivity contribution in [3.05, 3.63) is 81.8 Å². The molecular weight excluding hydrogens is 356 g/mol. The first-order valence-corrected chi connectivity index (χ1v) is 9.78. The Labute approximate surface area is 164 Å². The van der Waals surface area contributed by atoms with E-state index in [1.807, 2.05) is 61.8 Å². The van der Waals surface area contributed by atoms with Crippen molar-refractivity contribution in [2.24, 2.45) is 0 Å². The van der Waals surface area contributed by atoms with Crippen molar-refractivity contribution in [1.29, 1.82) is 0 Å². The van der Waals surface area contributed by atoms with E-state index in [-0.39, 0.29) is 11.8 Å². The molecule has 1 aromatic heterocycles. The van der Waals surface area contributed by atoms with Crippen molar-refractivity contribution < 1.29 is 9.53 Å². The van der Waals surface area contributed by atoms with Crippen molar-refractivity contribution in [2.75, 3.05) is 14.2 Å². The van der Waals surface area contributed by atoms with Crippen LogP contribution in [0.4, 0.5) is 0 Å². The second-order valence-corrected chi connectivity index (χ2v) is 7.61. The van der Waals surface area contributed by atoms with Crippen molar-refractivity contribution in [2.45, 2.75) is 25.8 Å². The van der Waals surface area contributed by atoms with Crippen molar-refractivity contribution in [3.63, 3.8) is 0 Å². The number of thiazole rings is 1. The second-order valence-electron chi connectivity index (χ2n) is 6.55. The molecule has 0 bridgehead atoms. The standard InChI is InChI=1S/C22H24N2O2S/c1-16-23-19(15-27-16)14-24(2)22(25)13-21(17-7-5-4-6-8-17)18-9-11-20(26-3)12-10-18/h4-12,15,21H,13-14H2,1-3H3. The molecule has 27 heavy (non-hydrogen) atoms. The molecule has 0 saturated heterocycles. The Hall–Kier alpha value is -2.66. The lowest BCUT2D eigenvalue weighted by molar-refractivity contribution is -0.130. The first kappa shape index (κ1) is 19.1. The maximum absolute atomic E-state index is 12.9. The van der Waals surface area contributed by atoms with Crippen LogP contribution in [0.1, 0.15) is 34.2 Å². The molecule has 3 rings (SSSR count). The Morgan fingerprint density at radius 2 is 1.78 bits per heavy atom. The third-order valence-electron chi connectivity index (χ3n) is 4.59. The first-order chi connectivity index (χ1) is 13.1. The largest absolute Gasteiger partial charge is 0.497 e. The zero-order valence-electron chi connectivity index (χ0n) is 15.9. The molecule has 1 amide bonds. The molecule has 0 aliphatic heterocycles. The fraction of sp³-hybridized carbons (Fsp3) is 0.273. The van der Waals surface area contributed by atoms with Gasteiger partial charge in [0, 0.05) is 24.8 Å². The average Bonchev–Trinajstić information content (AvgIpc) is 3.11. The van der Waals surface area contributed by atoms with E-state index < -0.39 is 0 Å². The van der Waals surface area contributed by atoms with Crippen LogP contribution in [0.5, 0.6) is 5.75 Å². The van der Waals surface area contributed by atoms with Gasteiger partial charge in [0.1, 0.15) is 5.75 Å². The summed E-state index contributed by atoms with van der Waals surface area (Å²) in [5.41, 5.74) is 3.18. The van der Waals surface area contributed by atoms with Gasteiger partial charge in [0.15, 0.2) is 0 Å². The minimum Gasteiger partial charge on any atom is -0.497 e. The molecule has 4 nitrogen and oxygen atoms in total. The Kier molecular flexibility index (Phi) is 6.24. The minimum absolute atomic E-state index is 0.00391. The number of methoxy groups -OCH3 is 1. The molecule has 3 aromatic rings. The van der Waals surface area contributed by atoms with Crippen molar-refractivity contribution in [1.82, 2.24) is 9.88 Å². The Bertz CT molecular complexity index is 875. The number of carbonyl (C=O) groups excluding carboxylic acids is 1. The lowest BCUT2D eigenvalue weighted by atomic mass is 9.88. The summed E-state index contributed by atoms with van der Waals surface area (Å²) >= 11 is 1.61. The number of aromatic nitrogens is 1. The molecule has 5 heteroatoms. The molecule has 0 fully saturated rings. The van der Waals surface area contributed by atoms with Crippen LogP contribution < -0.4 is 4.74 Å². The highest BCUT2D eigenvalue weighted by atomic mass is 32.1. The highest BCUT2D eigenvalue weighted by Crippen LogP contribution is 2.30. The molecule has 0 N–H and O–H groups in total. The second kappa shape index (κ2) is 8.82. The Morgan fingerprint density at radius 1 is 1.11 bits per heavy atom. The lowest BCUT2D eigenvalue weighted by Gasteiger charge is -2.22. The number of carbonyl (C=O) groups is 1. The highest BCUT2D eigenvalue weighted by Gasteiger charge is 2.21. The van der Waals surface area contributed by atoms with Gasteiger partial charge in [-0.05, 0) is 30.2 Å². The molecule has 140 valence electrons. The van der Waals surface area contributed by atoms with Gasteiger partial charge >= 0.3 is 0 Å². The van der Waals surface area contributed by atoms with Gasteiger partial charge in [0.05, 0.1) is 24.4 Å². The van der Waals surface area contributed by atoms with Crippen LogP contribution in [-0.4, -0.2) is 29.9 Å². The Morgan fingerprint density at radius 3 is 2.37 bits per heavy atom. The molecular formula is C22H24N2O2S. The van der Waals surface area contributed by atoms with E-state index in [2.05, 4.69) is 17.1 Å². The summed E-state index contributed by atoms with van der Waals surface area (Å²) < 4.78 is 5.26. The normalized spacial score (nSPS) is 11.8. The maximum atomic E-state index is 12.9. The summed E-state index contributed by atoms with van der Waals surface area (Å²) in [6, 6.07) is 18.1. The van der Waals surface area contributed by atoms with Gasteiger partial charge in [-0.15, -0.1) is 11.3 Å². The van der Waals surface area contributed by atoms with Crippen LogP contribution in [0.15, 0.2) is 60.0 Å². The van der Waals surface area contributed by atoms with Crippen LogP contribution >= 0.6 is 11.3 Å². The summed E-state index contributed by atoms with van der Waals surface area (Å²) in [4.78, 5) is 19.1. The molecule has 1 atom stereocenters. The zero-order chi connectivity index (χ0) is 19.2. The molecule has 2 aromatic carbocycles. The predicted molar refractivity (Wildman–Crippen MR) is 109 cm³/mol. The van der Waals surface area contributed by atoms with E-state index in [0.717, 1.165) is 27.6 Å². The number of ether oxygens (including phenoxy) is 1. The molecule has 1 heterocycles. The van der Waals surface area contributed by atoms with E-state index in [1.54, 1.807) is 23.3 Å². The topological polar surface area (TPSA) is 42.4 Å². The number of hydrogen-bond acceptors (Lipinski definition) is 4. The van der Waals surface area contributed by atoms with Crippen LogP contribution in [0, 0.1) is 6.92 Å². The number of nitrogens with zero attached hydrogens (tertiary/aromatic N) is 2. The van der Waals surface area contributed by atoms with E-state index >= 15 is 0 Å². The number of aryl methyl sites for hydroxylation is 1. The van der Waals surface area contributed by atoms with Gasteiger partial charge in [0.25, 0.3) is 0 Å². The monoisotopic (exact) mass is 380 g/mol. The van der Waals surface area contributed by atoms with E-state index in [9.17, 15) is 4.79 Å². The van der Waals surface area contributed by atoms with Crippen LogP contribution in [0.3, 0.4) is 0 Å². The molecule has 0 aliphatic carbocycles. The predicted octanol–water partition coefficient (Wildman–Crippen LogP) is 4.64. The first-order valence-electron chi connectivity index (χ1n) is 8.90. The third-order valence-corrected chi connectivity index (χ3v) is 5.41. The van der Waals surface area contributed by atoms with Crippen molar-refractivity contribution >= 4 is 17.2 Å². The van der Waals surface area contributed by atoms with Crippen molar-refractivity contribution in [3.8, 4) is 5.75 Å². The fourth-order valence-corrected chi connectivity index (χ4v) is 3.70. The smallest absolute Gasteiger partial charge is 0.223 e. The van der Waals surface area contributed by atoms with E-state index in [4.69, 9.17) is 4.74 Å². The lowest BCUT2D eigenvalue weighted by Crippen LogP contribution is -2.28. The SMILES string of the molecule is COc1ccc(C(CC(=O)N(C)Cc2csc(C)n2)c2ccccc2)cc1. The maximum Gasteiger partial charge on any atom is 0.223 e. The molecule has 0 saturated carbocycles. The summed E-state index contributed by atoms with van der Waals surface area (Å²) in [6.07, 6.45) is 0.413. The number of rotatable bonds is 7. The number of benzene rings is 2. The summed E-state index contributed by atoms with van der Waals surface area (Å²) in [6.45, 7) is 2.51. The fourth-order valence-electron chi connectivity index (χ4n) is 3.09. The summed E-state index contributed by atoms with van der Waals surface area (Å²) in [7, 11) is 3.50. The summed E-state index contributed by atoms with van der Waals surface area (Å²) in [5, 5.41) is 3.03. The van der Waals surface area contributed by atoms with Crippen LogP contribution in [-0.2, 0) is 11.3 Å². The van der Waals surface area contributed by atoms with Gasteiger partial charge in [-0.1, -0.05) is 42.5 Å². The van der Waals surface area contributed by atoms with Gasteiger partial charge in [-0.25, -0.2) is 4.98 Å². The third kappa shape index (κ3) is 4.95. The van der Waals surface area contributed by atoms with Gasteiger partial charge in [-0.3, -0.25) is 4.79 Å². The van der Waals surface area contributed by atoms with Crippen LogP contribution in [0.2, 0.25) is 0 Å². The van der Waals surface area contributed by atoms with E-state index in [0.29, 0.717) is 13.0 Å². The van der Waals surface area contributed by atoms with Gasteiger partial charge in [0.2, 0.25) is 5.91 Å². The van der Waals surface area contributed by atoms with Gasteiger partial charge in [-0.2, -0.15) is 0 Å². The molecule has 1 unspecified atom stereocenters. The molecule has 0 spiro atoms. The highest BCUT2D eigenvalue weighted by molar-refractivity contribution is 7.09. The van der Waals surface area contributed by atoms with Crippen LogP contribution in [0.25, 0.3) is 0 Å². The quantitative estimate of drug-likeness (QED) is 0.600. The van der Waals surface area contributed by atoms with E-state index in [1.165, 1.54) is 0 Å². The Balaban J connectivity index is 1.79. The average molecular weight is 381 g/mol. The molecule has 0 radical (unpaired) electrons. The molecule has 0 aliphatic rings. The summed E-state index contributed by atoms with van der Waals surface area (Å²) in [5.74, 6) is 0.919. The minimum atomic E-state index is 0.00391. The number of hydrogen-bond donors (Lipinski definition) is 0. The van der Waals surface area contributed by atoms with Gasteiger partial charge < -0.3 is 9.64 Å². The number of amides is 1.